The van der Waals surface area contributed by atoms with Crippen LogP contribution in [-0.4, -0.2) is 0 Å². The maximum atomic E-state index is 3.88. The maximum absolute atomic E-state index is 3.88. The van der Waals surface area contributed by atoms with Crippen molar-refractivity contribution in [3.05, 3.63) is 132 Å². The minimum atomic E-state index is -0.231. The van der Waals surface area contributed by atoms with E-state index in [0.717, 1.165) is 0 Å². The van der Waals surface area contributed by atoms with Gasteiger partial charge in [0.05, 0.1) is 10.4 Å². The summed E-state index contributed by atoms with van der Waals surface area (Å²) in [5, 5.41) is 6.52. The van der Waals surface area contributed by atoms with Gasteiger partial charge in [0.2, 0.25) is 0 Å². The predicted octanol–water partition coefficient (Wildman–Crippen LogP) is 9.13. The molecule has 7 rings (SSSR count). The molecule has 1 heterocycles. The summed E-state index contributed by atoms with van der Waals surface area (Å²) in [6, 6.07) is 41.8. The summed E-state index contributed by atoms with van der Waals surface area (Å²) in [7, 11) is 0. The van der Waals surface area contributed by atoms with E-state index in [1.807, 2.05) is 11.3 Å². The lowest BCUT2D eigenvalue weighted by Gasteiger charge is -2.30. The highest BCUT2D eigenvalue weighted by Crippen LogP contribution is 2.55. The third-order valence-electron chi connectivity index (χ3n) is 7.35. The Hall–Kier alpha value is -3.88. The number of hydrogen-bond donors (Lipinski definition) is 1. The largest absolute Gasteiger partial charge is 0.354 e. The Morgan fingerprint density at radius 3 is 2.18 bits per heavy atom. The summed E-state index contributed by atoms with van der Waals surface area (Å²) in [6.45, 7) is 2.37. The number of fused-ring (bicyclic) bond motifs is 6. The SMILES string of the molecule is CC1(c2ccccc2)c2ccccc2-c2cccc(Nc3cccc4c3sc3ccccc34)c21. The molecule has 0 spiro atoms. The fourth-order valence-corrected chi connectivity index (χ4v) is 6.94. The van der Waals surface area contributed by atoms with E-state index in [4.69, 9.17) is 0 Å². The van der Waals surface area contributed by atoms with Crippen LogP contribution in [0.5, 0.6) is 0 Å². The number of nitrogens with one attached hydrogen (secondary N) is 1. The summed E-state index contributed by atoms with van der Waals surface area (Å²) in [6.07, 6.45) is 0. The first-order valence-electron chi connectivity index (χ1n) is 11.7. The van der Waals surface area contributed by atoms with Crippen LogP contribution in [0.25, 0.3) is 31.3 Å². The average Bonchev–Trinajstić information content (AvgIpc) is 3.40. The lowest BCUT2D eigenvalue weighted by atomic mass is 9.73. The molecule has 0 bridgehead atoms. The lowest BCUT2D eigenvalue weighted by molar-refractivity contribution is 0.716. The molecule has 5 aromatic carbocycles. The number of thiophene rings is 1. The number of benzene rings is 5. The van der Waals surface area contributed by atoms with Crippen molar-refractivity contribution in [3.8, 4) is 11.1 Å². The van der Waals surface area contributed by atoms with E-state index in [0.29, 0.717) is 0 Å². The predicted molar refractivity (Wildman–Crippen MR) is 146 cm³/mol. The first-order chi connectivity index (χ1) is 16.7. The van der Waals surface area contributed by atoms with Crippen molar-refractivity contribution >= 4 is 42.9 Å². The van der Waals surface area contributed by atoms with Crippen molar-refractivity contribution < 1.29 is 0 Å². The number of rotatable bonds is 3. The molecule has 1 atom stereocenters. The van der Waals surface area contributed by atoms with E-state index in [9.17, 15) is 0 Å². The second kappa shape index (κ2) is 7.31. The minimum Gasteiger partial charge on any atom is -0.354 e. The molecule has 0 aliphatic heterocycles. The lowest BCUT2D eigenvalue weighted by Crippen LogP contribution is -2.23. The topological polar surface area (TPSA) is 12.0 Å². The van der Waals surface area contributed by atoms with Crippen LogP contribution in [0.15, 0.2) is 115 Å². The second-order valence-electron chi connectivity index (χ2n) is 9.17. The van der Waals surface area contributed by atoms with E-state index >= 15 is 0 Å². The van der Waals surface area contributed by atoms with Gasteiger partial charge in [-0.15, -0.1) is 11.3 Å². The zero-order valence-corrected chi connectivity index (χ0v) is 19.7. The number of hydrogen-bond acceptors (Lipinski definition) is 2. The van der Waals surface area contributed by atoms with Crippen LogP contribution in [0.2, 0.25) is 0 Å². The molecule has 6 aromatic rings. The third-order valence-corrected chi connectivity index (χ3v) is 8.56. The Balaban J connectivity index is 1.46. The van der Waals surface area contributed by atoms with E-state index < -0.39 is 0 Å². The first kappa shape index (κ1) is 19.6. The van der Waals surface area contributed by atoms with Crippen LogP contribution in [0.3, 0.4) is 0 Å². The zero-order chi connectivity index (χ0) is 22.7. The molecule has 1 nitrogen and oxygen atoms in total. The van der Waals surface area contributed by atoms with Crippen molar-refractivity contribution in [2.24, 2.45) is 0 Å². The standard InChI is InChI=1S/C32H23NS/c1-32(21-11-3-2-4-12-21)26-17-7-5-13-22(26)24-15-9-18-27(30(24)32)33-28-19-10-16-25-23-14-6-8-20-29(23)34-31(25)28/h2-20,33H,1H3. The molecule has 34 heavy (non-hydrogen) atoms. The summed E-state index contributed by atoms with van der Waals surface area (Å²) < 4.78 is 2.63. The number of anilines is 2. The van der Waals surface area contributed by atoms with Gasteiger partial charge in [0.1, 0.15) is 0 Å². The molecular formula is C32H23NS. The van der Waals surface area contributed by atoms with Gasteiger partial charge >= 0.3 is 0 Å². The smallest absolute Gasteiger partial charge is 0.0590 e. The quantitative estimate of drug-likeness (QED) is 0.282. The Bertz CT molecular complexity index is 1700. The van der Waals surface area contributed by atoms with Gasteiger partial charge < -0.3 is 5.32 Å². The highest BCUT2D eigenvalue weighted by atomic mass is 32.1. The molecule has 0 radical (unpaired) electrons. The van der Waals surface area contributed by atoms with Gasteiger partial charge in [-0.2, -0.15) is 0 Å². The molecule has 1 aliphatic carbocycles. The van der Waals surface area contributed by atoms with Gasteiger partial charge in [0, 0.05) is 26.6 Å². The van der Waals surface area contributed by atoms with Gasteiger partial charge in [-0.1, -0.05) is 97.1 Å². The molecule has 0 fully saturated rings. The summed E-state index contributed by atoms with van der Waals surface area (Å²) in [5.74, 6) is 0. The molecule has 0 saturated carbocycles. The van der Waals surface area contributed by atoms with Crippen LogP contribution >= 0.6 is 11.3 Å². The summed E-state index contributed by atoms with van der Waals surface area (Å²) in [5.41, 5.74) is 8.78. The molecule has 1 unspecified atom stereocenters. The van der Waals surface area contributed by atoms with Gasteiger partial charge in [-0.05, 0) is 52.9 Å². The molecule has 0 saturated heterocycles. The minimum absolute atomic E-state index is 0.231. The van der Waals surface area contributed by atoms with Crippen molar-refractivity contribution in [1.82, 2.24) is 0 Å². The van der Waals surface area contributed by atoms with Crippen molar-refractivity contribution in [2.45, 2.75) is 12.3 Å². The zero-order valence-electron chi connectivity index (χ0n) is 18.9. The Labute approximate surface area is 203 Å². The fourth-order valence-electron chi connectivity index (χ4n) is 5.77. The maximum Gasteiger partial charge on any atom is 0.0590 e. The van der Waals surface area contributed by atoms with E-state index in [1.165, 1.54) is 59.4 Å². The van der Waals surface area contributed by atoms with Crippen molar-refractivity contribution in [1.29, 1.82) is 0 Å². The van der Waals surface area contributed by atoms with Crippen molar-refractivity contribution in [2.75, 3.05) is 5.32 Å². The van der Waals surface area contributed by atoms with E-state index in [1.54, 1.807) is 0 Å². The monoisotopic (exact) mass is 453 g/mol. The Kier molecular flexibility index (Phi) is 4.21. The van der Waals surface area contributed by atoms with E-state index in [-0.39, 0.29) is 5.41 Å². The van der Waals surface area contributed by atoms with Crippen LogP contribution in [0, 0.1) is 0 Å². The first-order valence-corrected chi connectivity index (χ1v) is 12.5. The van der Waals surface area contributed by atoms with Crippen LogP contribution in [-0.2, 0) is 5.41 Å². The summed E-state index contributed by atoms with van der Waals surface area (Å²) in [4.78, 5) is 0. The van der Waals surface area contributed by atoms with Crippen LogP contribution in [0.1, 0.15) is 23.6 Å². The normalized spacial score (nSPS) is 16.5. The van der Waals surface area contributed by atoms with Gasteiger partial charge in [-0.25, -0.2) is 0 Å². The molecule has 0 amide bonds. The fraction of sp³-hybridized carbons (Fsp3) is 0.0625. The molecule has 2 heteroatoms. The molecule has 1 N–H and O–H groups in total. The molecular weight excluding hydrogens is 430 g/mol. The second-order valence-corrected chi connectivity index (χ2v) is 10.2. The Morgan fingerprint density at radius 1 is 0.588 bits per heavy atom. The average molecular weight is 454 g/mol. The van der Waals surface area contributed by atoms with Gasteiger partial charge in [0.25, 0.3) is 0 Å². The Morgan fingerprint density at radius 2 is 1.26 bits per heavy atom. The van der Waals surface area contributed by atoms with Gasteiger partial charge in [0.15, 0.2) is 0 Å². The van der Waals surface area contributed by atoms with Gasteiger partial charge in [-0.3, -0.25) is 0 Å². The van der Waals surface area contributed by atoms with Crippen molar-refractivity contribution in [3.63, 3.8) is 0 Å². The highest BCUT2D eigenvalue weighted by Gasteiger charge is 2.42. The molecule has 1 aromatic heterocycles. The third kappa shape index (κ3) is 2.66. The highest BCUT2D eigenvalue weighted by molar-refractivity contribution is 7.26. The van der Waals surface area contributed by atoms with Crippen LogP contribution in [0.4, 0.5) is 11.4 Å². The molecule has 1 aliphatic rings. The molecule has 162 valence electrons. The van der Waals surface area contributed by atoms with E-state index in [2.05, 4.69) is 128 Å². The summed E-state index contributed by atoms with van der Waals surface area (Å²) >= 11 is 1.86. The van der Waals surface area contributed by atoms with Crippen LogP contribution < -0.4 is 5.32 Å².